The Morgan fingerprint density at radius 3 is 2.25 bits per heavy atom. The third kappa shape index (κ3) is 2.41. The van der Waals surface area contributed by atoms with Crippen LogP contribution < -0.4 is 0 Å². The molecule has 0 aliphatic rings. The second kappa shape index (κ2) is 4.93. The Balaban J connectivity index is 3.27. The number of aryl methyl sites for hydroxylation is 1. The molecule has 0 fully saturated rings. The first kappa shape index (κ1) is 13.1. The summed E-state index contributed by atoms with van der Waals surface area (Å²) in [6.07, 6.45) is 0. The lowest BCUT2D eigenvalue weighted by molar-refractivity contribution is 0.444. The van der Waals surface area contributed by atoms with E-state index in [1.54, 1.807) is 20.8 Å². The van der Waals surface area contributed by atoms with E-state index in [0.717, 1.165) is 0 Å². The average Bonchev–Trinajstić information content (AvgIpc) is 2.18. The number of halogens is 1. The van der Waals surface area contributed by atoms with Gasteiger partial charge in [0.25, 0.3) is 0 Å². The summed E-state index contributed by atoms with van der Waals surface area (Å²) in [6.45, 7) is 5.98. The Labute approximate surface area is 95.9 Å². The summed E-state index contributed by atoms with van der Waals surface area (Å²) < 4.78 is 38.5. The maximum absolute atomic E-state index is 12.9. The van der Waals surface area contributed by atoms with Crippen LogP contribution in [0.3, 0.4) is 0 Å². The number of benzene rings is 1. The van der Waals surface area contributed by atoms with Crippen molar-refractivity contribution in [3.63, 3.8) is 0 Å². The van der Waals surface area contributed by atoms with Gasteiger partial charge in [-0.15, -0.1) is 0 Å². The Morgan fingerprint density at radius 2 is 1.81 bits per heavy atom. The second-order valence-corrected chi connectivity index (χ2v) is 5.41. The van der Waals surface area contributed by atoms with Gasteiger partial charge in [-0.25, -0.2) is 12.8 Å². The molecule has 0 saturated carbocycles. The molecule has 0 aliphatic carbocycles. The summed E-state index contributed by atoms with van der Waals surface area (Å²) >= 11 is 0. The third-order valence-corrected chi connectivity index (χ3v) is 4.67. The van der Waals surface area contributed by atoms with Gasteiger partial charge in [-0.1, -0.05) is 13.8 Å². The van der Waals surface area contributed by atoms with Gasteiger partial charge in [-0.2, -0.15) is 4.31 Å². The standard InChI is InChI=1S/C11H16FNO2S/c1-4-13(5-2)16(14,15)11-7-6-10(12)8-9(11)3/h6-8H,4-5H2,1-3H3. The van der Waals surface area contributed by atoms with Crippen molar-refractivity contribution in [2.75, 3.05) is 13.1 Å². The molecule has 0 atom stereocenters. The number of hydrogen-bond acceptors (Lipinski definition) is 2. The van der Waals surface area contributed by atoms with Gasteiger partial charge in [0.15, 0.2) is 0 Å². The van der Waals surface area contributed by atoms with Crippen LogP contribution in [-0.2, 0) is 10.0 Å². The van der Waals surface area contributed by atoms with E-state index in [1.807, 2.05) is 0 Å². The quantitative estimate of drug-likeness (QED) is 0.815. The molecule has 0 unspecified atom stereocenters. The number of rotatable bonds is 4. The summed E-state index contributed by atoms with van der Waals surface area (Å²) in [5, 5.41) is 0. The monoisotopic (exact) mass is 245 g/mol. The highest BCUT2D eigenvalue weighted by molar-refractivity contribution is 7.89. The second-order valence-electron chi connectivity index (χ2n) is 3.50. The zero-order valence-electron chi connectivity index (χ0n) is 9.70. The summed E-state index contributed by atoms with van der Waals surface area (Å²) in [6, 6.07) is 3.72. The normalized spacial score (nSPS) is 12.1. The molecular weight excluding hydrogens is 229 g/mol. The Morgan fingerprint density at radius 1 is 1.25 bits per heavy atom. The Kier molecular flexibility index (Phi) is 4.04. The van der Waals surface area contributed by atoms with Crippen molar-refractivity contribution in [2.45, 2.75) is 25.7 Å². The van der Waals surface area contributed by atoms with Gasteiger partial charge < -0.3 is 0 Å². The highest BCUT2D eigenvalue weighted by atomic mass is 32.2. The summed E-state index contributed by atoms with van der Waals surface area (Å²) in [4.78, 5) is 0.178. The van der Waals surface area contributed by atoms with Gasteiger partial charge in [0.1, 0.15) is 5.82 Å². The molecule has 16 heavy (non-hydrogen) atoms. The van der Waals surface area contributed by atoms with E-state index in [0.29, 0.717) is 18.7 Å². The largest absolute Gasteiger partial charge is 0.243 e. The maximum Gasteiger partial charge on any atom is 0.243 e. The van der Waals surface area contributed by atoms with E-state index in [9.17, 15) is 12.8 Å². The van der Waals surface area contributed by atoms with Crippen LogP contribution in [0, 0.1) is 12.7 Å². The van der Waals surface area contributed by atoms with Crippen molar-refractivity contribution in [1.29, 1.82) is 0 Å². The minimum absolute atomic E-state index is 0.178. The summed E-state index contributed by atoms with van der Waals surface area (Å²) in [5.41, 5.74) is 0.437. The molecule has 5 heteroatoms. The Bertz CT molecular complexity index is 467. The van der Waals surface area contributed by atoms with Crippen LogP contribution in [0.25, 0.3) is 0 Å². The topological polar surface area (TPSA) is 37.4 Å². The molecule has 0 radical (unpaired) electrons. The molecular formula is C11H16FNO2S. The Hall–Kier alpha value is -0.940. The maximum atomic E-state index is 12.9. The number of sulfonamides is 1. The highest BCUT2D eigenvalue weighted by Gasteiger charge is 2.23. The summed E-state index contributed by atoms with van der Waals surface area (Å²) in [5.74, 6) is -0.420. The van der Waals surface area contributed by atoms with Crippen molar-refractivity contribution in [3.05, 3.63) is 29.6 Å². The van der Waals surface area contributed by atoms with E-state index in [2.05, 4.69) is 0 Å². The minimum Gasteiger partial charge on any atom is -0.207 e. The van der Waals surface area contributed by atoms with Crippen LogP contribution in [0.1, 0.15) is 19.4 Å². The van der Waals surface area contributed by atoms with Crippen molar-refractivity contribution in [3.8, 4) is 0 Å². The smallest absolute Gasteiger partial charge is 0.207 e. The first-order valence-corrected chi connectivity index (χ1v) is 6.63. The molecule has 0 N–H and O–H groups in total. The molecule has 0 bridgehead atoms. The number of nitrogens with zero attached hydrogens (tertiary/aromatic N) is 1. The van der Waals surface area contributed by atoms with Crippen LogP contribution in [0.5, 0.6) is 0 Å². The van der Waals surface area contributed by atoms with Crippen LogP contribution in [0.2, 0.25) is 0 Å². The molecule has 0 aromatic heterocycles. The van der Waals surface area contributed by atoms with Crippen molar-refractivity contribution < 1.29 is 12.8 Å². The molecule has 0 heterocycles. The van der Waals surface area contributed by atoms with E-state index >= 15 is 0 Å². The summed E-state index contributed by atoms with van der Waals surface area (Å²) in [7, 11) is -3.48. The molecule has 0 aliphatic heterocycles. The predicted octanol–water partition coefficient (Wildman–Crippen LogP) is 2.16. The predicted molar refractivity (Wildman–Crippen MR) is 61.2 cm³/mol. The van der Waals surface area contributed by atoms with E-state index < -0.39 is 15.8 Å². The van der Waals surface area contributed by atoms with Gasteiger partial charge in [0.05, 0.1) is 4.90 Å². The molecule has 0 saturated heterocycles. The SMILES string of the molecule is CCN(CC)S(=O)(=O)c1ccc(F)cc1C. The van der Waals surface area contributed by atoms with Crippen LogP contribution >= 0.6 is 0 Å². The molecule has 90 valence electrons. The molecule has 1 aromatic carbocycles. The van der Waals surface area contributed by atoms with Crippen molar-refractivity contribution in [2.24, 2.45) is 0 Å². The fraction of sp³-hybridized carbons (Fsp3) is 0.455. The van der Waals surface area contributed by atoms with Gasteiger partial charge in [-0.3, -0.25) is 0 Å². The zero-order valence-corrected chi connectivity index (χ0v) is 10.5. The molecule has 3 nitrogen and oxygen atoms in total. The molecule has 1 rings (SSSR count). The van der Waals surface area contributed by atoms with Crippen molar-refractivity contribution in [1.82, 2.24) is 4.31 Å². The molecule has 1 aromatic rings. The van der Waals surface area contributed by atoms with Gasteiger partial charge in [-0.05, 0) is 30.7 Å². The van der Waals surface area contributed by atoms with Crippen LogP contribution in [0.4, 0.5) is 4.39 Å². The first-order valence-electron chi connectivity index (χ1n) is 5.19. The lowest BCUT2D eigenvalue weighted by Crippen LogP contribution is -2.31. The van der Waals surface area contributed by atoms with Gasteiger partial charge in [0, 0.05) is 13.1 Å². The minimum atomic E-state index is -3.48. The zero-order chi connectivity index (χ0) is 12.3. The third-order valence-electron chi connectivity index (χ3n) is 2.46. The van der Waals surface area contributed by atoms with Crippen molar-refractivity contribution >= 4 is 10.0 Å². The van der Waals surface area contributed by atoms with E-state index in [1.165, 1.54) is 22.5 Å². The fourth-order valence-corrected chi connectivity index (χ4v) is 3.27. The average molecular weight is 245 g/mol. The molecule has 0 amide bonds. The number of hydrogen-bond donors (Lipinski definition) is 0. The van der Waals surface area contributed by atoms with E-state index in [-0.39, 0.29) is 4.90 Å². The van der Waals surface area contributed by atoms with Crippen LogP contribution in [-0.4, -0.2) is 25.8 Å². The van der Waals surface area contributed by atoms with Crippen LogP contribution in [0.15, 0.2) is 23.1 Å². The van der Waals surface area contributed by atoms with E-state index in [4.69, 9.17) is 0 Å². The lowest BCUT2D eigenvalue weighted by Gasteiger charge is -2.19. The molecule has 0 spiro atoms. The highest BCUT2D eigenvalue weighted by Crippen LogP contribution is 2.20. The van der Waals surface area contributed by atoms with Gasteiger partial charge in [0.2, 0.25) is 10.0 Å². The fourth-order valence-electron chi connectivity index (χ4n) is 1.60. The first-order chi connectivity index (χ1) is 7.43. The lowest BCUT2D eigenvalue weighted by atomic mass is 10.2. The van der Waals surface area contributed by atoms with Gasteiger partial charge >= 0.3 is 0 Å².